The molecule has 0 aliphatic rings. The van der Waals surface area contributed by atoms with Crippen molar-refractivity contribution in [2.24, 2.45) is 0 Å². The molecule has 2 N–H and O–H groups in total. The number of nitrogens with one attached hydrogen (secondary N) is 2. The van der Waals surface area contributed by atoms with E-state index >= 15 is 0 Å². The summed E-state index contributed by atoms with van der Waals surface area (Å²) in [6.07, 6.45) is -3.16. The van der Waals surface area contributed by atoms with E-state index in [0.29, 0.717) is 30.9 Å². The van der Waals surface area contributed by atoms with Gasteiger partial charge >= 0.3 is 6.18 Å². The minimum Gasteiger partial charge on any atom is -0.370 e. The van der Waals surface area contributed by atoms with Crippen molar-refractivity contribution in [3.63, 3.8) is 0 Å². The van der Waals surface area contributed by atoms with E-state index in [1.807, 2.05) is 0 Å². The van der Waals surface area contributed by atoms with Crippen LogP contribution < -0.4 is 10.6 Å². The van der Waals surface area contributed by atoms with Crippen LogP contribution >= 0.6 is 0 Å². The van der Waals surface area contributed by atoms with Gasteiger partial charge in [-0.2, -0.15) is 13.2 Å². The number of hydrogen-bond donors (Lipinski definition) is 2. The van der Waals surface area contributed by atoms with Crippen LogP contribution in [0.1, 0.15) is 22.3 Å². The molecular weight excluding hydrogens is 353 g/mol. The summed E-state index contributed by atoms with van der Waals surface area (Å²) in [7, 11) is 0. The van der Waals surface area contributed by atoms with Gasteiger partial charge in [0.1, 0.15) is 5.82 Å². The second-order valence-corrected chi connectivity index (χ2v) is 5.27. The second kappa shape index (κ2) is 8.28. The molecule has 0 unspecified atom stereocenters. The van der Waals surface area contributed by atoms with Crippen LogP contribution in [0.3, 0.4) is 0 Å². The molecule has 0 aliphatic heterocycles. The Hall–Kier alpha value is -3.17. The number of halogens is 3. The van der Waals surface area contributed by atoms with Gasteiger partial charge in [-0.3, -0.25) is 14.9 Å². The van der Waals surface area contributed by atoms with E-state index in [1.165, 1.54) is 30.3 Å². The van der Waals surface area contributed by atoms with Gasteiger partial charge in [-0.25, -0.2) is 4.98 Å². The van der Waals surface area contributed by atoms with Gasteiger partial charge in [0, 0.05) is 37.0 Å². The Bertz CT molecular complexity index is 762. The van der Waals surface area contributed by atoms with E-state index in [-0.39, 0.29) is 11.6 Å². The number of pyridine rings is 1. The van der Waals surface area contributed by atoms with Crippen LogP contribution in [-0.2, 0) is 6.18 Å². The molecule has 0 fully saturated rings. The molecule has 0 aliphatic carbocycles. The topological polar surface area (TPSA) is 97.2 Å². The third kappa shape index (κ3) is 5.43. The van der Waals surface area contributed by atoms with Crippen molar-refractivity contribution in [1.29, 1.82) is 0 Å². The van der Waals surface area contributed by atoms with E-state index in [4.69, 9.17) is 0 Å². The molecule has 1 heterocycles. The number of rotatable bonds is 7. The summed E-state index contributed by atoms with van der Waals surface area (Å²) in [5.74, 6) is -0.0627. The third-order valence-corrected chi connectivity index (χ3v) is 3.38. The van der Waals surface area contributed by atoms with Crippen LogP contribution in [0.4, 0.5) is 24.7 Å². The predicted molar refractivity (Wildman–Crippen MR) is 87.8 cm³/mol. The van der Waals surface area contributed by atoms with Crippen molar-refractivity contribution in [2.45, 2.75) is 12.6 Å². The van der Waals surface area contributed by atoms with Crippen LogP contribution in [0.2, 0.25) is 0 Å². The lowest BCUT2D eigenvalue weighted by molar-refractivity contribution is -0.384. The summed E-state index contributed by atoms with van der Waals surface area (Å²) in [6, 6.07) is 7.37. The maximum atomic E-state index is 12.4. The molecule has 1 amide bonds. The van der Waals surface area contributed by atoms with Gasteiger partial charge in [0.05, 0.1) is 10.5 Å². The summed E-state index contributed by atoms with van der Waals surface area (Å²) in [5.41, 5.74) is -0.624. The second-order valence-electron chi connectivity index (χ2n) is 5.27. The number of anilines is 1. The first-order valence-electron chi connectivity index (χ1n) is 7.57. The molecule has 138 valence electrons. The van der Waals surface area contributed by atoms with Gasteiger partial charge in [0.2, 0.25) is 0 Å². The van der Waals surface area contributed by atoms with Crippen LogP contribution in [0.5, 0.6) is 0 Å². The summed E-state index contributed by atoms with van der Waals surface area (Å²) < 4.78 is 37.2. The Kier molecular flexibility index (Phi) is 6.10. The number of hydrogen-bond acceptors (Lipinski definition) is 5. The lowest BCUT2D eigenvalue weighted by Crippen LogP contribution is -2.25. The standard InChI is InChI=1S/C16H15F3N4O3/c17-16(18,19)12-4-7-14(22-10-12)20-8-1-9-21-15(24)11-2-5-13(6-3-11)23(25)26/h2-7,10H,1,8-9H2,(H,20,22)(H,21,24). The number of alkyl halides is 3. The molecular formula is C16H15F3N4O3. The molecule has 0 spiro atoms. The molecule has 0 saturated carbocycles. The SMILES string of the molecule is O=C(NCCCNc1ccc(C(F)(F)F)cn1)c1ccc([N+](=O)[O-])cc1. The normalized spacial score (nSPS) is 11.0. The lowest BCUT2D eigenvalue weighted by atomic mass is 10.2. The Morgan fingerprint density at radius 1 is 1.12 bits per heavy atom. The minimum absolute atomic E-state index is 0.102. The number of carbonyl (C=O) groups excluding carboxylic acids is 1. The van der Waals surface area contributed by atoms with E-state index in [1.54, 1.807) is 0 Å². The third-order valence-electron chi connectivity index (χ3n) is 3.38. The van der Waals surface area contributed by atoms with E-state index in [0.717, 1.165) is 12.3 Å². The zero-order chi connectivity index (χ0) is 19.2. The molecule has 2 aromatic rings. The summed E-state index contributed by atoms with van der Waals surface area (Å²) >= 11 is 0. The smallest absolute Gasteiger partial charge is 0.370 e. The monoisotopic (exact) mass is 368 g/mol. The van der Waals surface area contributed by atoms with E-state index in [9.17, 15) is 28.1 Å². The van der Waals surface area contributed by atoms with E-state index in [2.05, 4.69) is 15.6 Å². The lowest BCUT2D eigenvalue weighted by Gasteiger charge is -2.09. The van der Waals surface area contributed by atoms with Crippen molar-refractivity contribution in [3.05, 3.63) is 63.8 Å². The van der Waals surface area contributed by atoms with E-state index < -0.39 is 16.7 Å². The first-order chi connectivity index (χ1) is 12.3. The number of nitrogens with zero attached hydrogens (tertiary/aromatic N) is 2. The molecule has 0 radical (unpaired) electrons. The molecule has 2 rings (SSSR count). The Labute approximate surface area is 146 Å². The molecule has 1 aromatic carbocycles. The number of carbonyl (C=O) groups is 1. The first kappa shape index (κ1) is 19.2. The largest absolute Gasteiger partial charge is 0.417 e. The summed E-state index contributed by atoms with van der Waals surface area (Å²) in [4.78, 5) is 25.5. The first-order valence-corrected chi connectivity index (χ1v) is 7.57. The van der Waals surface area contributed by atoms with Crippen LogP contribution in [0.25, 0.3) is 0 Å². The van der Waals surface area contributed by atoms with Crippen molar-refractivity contribution in [2.75, 3.05) is 18.4 Å². The minimum atomic E-state index is -4.42. The Balaban J connectivity index is 1.71. The van der Waals surface area contributed by atoms with Crippen LogP contribution in [0.15, 0.2) is 42.6 Å². The molecule has 7 nitrogen and oxygen atoms in total. The fourth-order valence-corrected chi connectivity index (χ4v) is 2.01. The van der Waals surface area contributed by atoms with Gasteiger partial charge < -0.3 is 10.6 Å². The highest BCUT2D eigenvalue weighted by Gasteiger charge is 2.30. The average Bonchev–Trinajstić information content (AvgIpc) is 2.61. The highest BCUT2D eigenvalue weighted by molar-refractivity contribution is 5.94. The van der Waals surface area contributed by atoms with Crippen molar-refractivity contribution in [3.8, 4) is 0 Å². The Morgan fingerprint density at radius 3 is 2.35 bits per heavy atom. The number of nitro benzene ring substituents is 1. The van der Waals surface area contributed by atoms with Crippen LogP contribution in [0, 0.1) is 10.1 Å². The summed E-state index contributed by atoms with van der Waals surface area (Å²) in [6.45, 7) is 0.725. The van der Waals surface area contributed by atoms with Gasteiger partial charge in [-0.05, 0) is 30.7 Å². The van der Waals surface area contributed by atoms with Gasteiger partial charge in [-0.1, -0.05) is 0 Å². The number of nitro groups is 1. The average molecular weight is 368 g/mol. The summed E-state index contributed by atoms with van der Waals surface area (Å²) in [5, 5.41) is 16.0. The molecule has 1 aromatic heterocycles. The molecule has 26 heavy (non-hydrogen) atoms. The van der Waals surface area contributed by atoms with Gasteiger partial charge in [0.15, 0.2) is 0 Å². The number of aromatic nitrogens is 1. The number of benzene rings is 1. The van der Waals surface area contributed by atoms with Crippen molar-refractivity contribution >= 4 is 17.4 Å². The maximum absolute atomic E-state index is 12.4. The van der Waals surface area contributed by atoms with Crippen molar-refractivity contribution in [1.82, 2.24) is 10.3 Å². The molecule has 0 saturated heterocycles. The number of amides is 1. The number of non-ortho nitro benzene ring substituents is 1. The molecule has 0 atom stereocenters. The fraction of sp³-hybridized carbons (Fsp3) is 0.250. The fourth-order valence-electron chi connectivity index (χ4n) is 2.01. The van der Waals surface area contributed by atoms with Gasteiger partial charge in [0.25, 0.3) is 11.6 Å². The van der Waals surface area contributed by atoms with Crippen LogP contribution in [-0.4, -0.2) is 28.9 Å². The highest BCUT2D eigenvalue weighted by atomic mass is 19.4. The van der Waals surface area contributed by atoms with Gasteiger partial charge in [-0.15, -0.1) is 0 Å². The maximum Gasteiger partial charge on any atom is 0.417 e. The predicted octanol–water partition coefficient (Wildman–Crippen LogP) is 3.24. The molecule has 10 heteroatoms. The van der Waals surface area contributed by atoms with Crippen molar-refractivity contribution < 1.29 is 22.9 Å². The Morgan fingerprint density at radius 2 is 1.81 bits per heavy atom. The molecule has 0 bridgehead atoms. The highest BCUT2D eigenvalue weighted by Crippen LogP contribution is 2.28. The quantitative estimate of drug-likeness (QED) is 0.444. The zero-order valence-corrected chi connectivity index (χ0v) is 13.4. The zero-order valence-electron chi connectivity index (χ0n) is 13.4.